The van der Waals surface area contributed by atoms with Gasteiger partial charge in [-0.3, -0.25) is 10.1 Å². The normalized spacial score (nSPS) is 13.8. The van der Waals surface area contributed by atoms with Crippen molar-refractivity contribution in [1.82, 2.24) is 10.6 Å². The van der Waals surface area contributed by atoms with Crippen molar-refractivity contribution in [2.24, 2.45) is 5.92 Å². The highest BCUT2D eigenvalue weighted by atomic mass is 16.6. The Bertz CT molecular complexity index is 1050. The van der Waals surface area contributed by atoms with E-state index in [1.165, 1.54) is 0 Å². The summed E-state index contributed by atoms with van der Waals surface area (Å²) < 4.78 is 10.3. The second-order valence-corrected chi connectivity index (χ2v) is 8.68. The van der Waals surface area contributed by atoms with Gasteiger partial charge in [-0.25, -0.2) is 14.4 Å². The standard InChI is InChI=1S/C26H30N2O7/c1-4-34-25(32)22(23(29)27-21(24(30)31)13-15(2)3)28-26(33)35-14-20-18-11-7-5-9-16(18)17-10-6-8-12-19(17)20/h5-12,15,20-22H,4,13-14H2,1-3H3,(H,27,29)(H,28,33)(H,30,31)/t21-,22?/m0/s1. The van der Waals surface area contributed by atoms with Gasteiger partial charge in [0, 0.05) is 5.92 Å². The molecule has 2 amide bonds. The number of hydrogen-bond donors (Lipinski definition) is 3. The molecule has 1 aliphatic carbocycles. The molecule has 2 aromatic carbocycles. The number of carbonyl (C=O) groups is 4. The molecule has 186 valence electrons. The van der Waals surface area contributed by atoms with E-state index in [9.17, 15) is 24.3 Å². The van der Waals surface area contributed by atoms with Crippen molar-refractivity contribution in [3.05, 3.63) is 59.7 Å². The number of fused-ring (bicyclic) bond motifs is 3. The van der Waals surface area contributed by atoms with E-state index in [0.717, 1.165) is 22.3 Å². The van der Waals surface area contributed by atoms with Crippen LogP contribution in [0.25, 0.3) is 11.1 Å². The van der Waals surface area contributed by atoms with Gasteiger partial charge in [0.1, 0.15) is 12.6 Å². The highest BCUT2D eigenvalue weighted by Crippen LogP contribution is 2.44. The SMILES string of the molecule is CCOC(=O)C(NC(=O)OCC1c2ccccc2-c2ccccc21)C(=O)N[C@@H](CC(C)C)C(=O)O. The molecule has 0 heterocycles. The first kappa shape index (κ1) is 25.7. The van der Waals surface area contributed by atoms with E-state index >= 15 is 0 Å². The Morgan fingerprint density at radius 1 is 0.914 bits per heavy atom. The van der Waals surface area contributed by atoms with Gasteiger partial charge in [-0.2, -0.15) is 0 Å². The zero-order valence-corrected chi connectivity index (χ0v) is 19.9. The van der Waals surface area contributed by atoms with Crippen LogP contribution in [0.15, 0.2) is 48.5 Å². The highest BCUT2D eigenvalue weighted by molar-refractivity contribution is 6.05. The van der Waals surface area contributed by atoms with Crippen LogP contribution in [-0.2, 0) is 23.9 Å². The van der Waals surface area contributed by atoms with Crippen LogP contribution in [0.5, 0.6) is 0 Å². The smallest absolute Gasteiger partial charge is 0.408 e. The largest absolute Gasteiger partial charge is 0.480 e. The molecule has 1 aliphatic rings. The minimum Gasteiger partial charge on any atom is -0.480 e. The van der Waals surface area contributed by atoms with E-state index in [2.05, 4.69) is 10.6 Å². The molecule has 9 heteroatoms. The third-order valence-corrected chi connectivity index (χ3v) is 5.71. The molecule has 2 aromatic rings. The monoisotopic (exact) mass is 482 g/mol. The Balaban J connectivity index is 1.70. The lowest BCUT2D eigenvalue weighted by molar-refractivity contribution is -0.151. The molecule has 0 saturated heterocycles. The first-order valence-electron chi connectivity index (χ1n) is 11.5. The fraction of sp³-hybridized carbons (Fsp3) is 0.385. The molecule has 0 spiro atoms. The van der Waals surface area contributed by atoms with Crippen molar-refractivity contribution in [2.45, 2.75) is 45.2 Å². The third-order valence-electron chi connectivity index (χ3n) is 5.71. The van der Waals surface area contributed by atoms with Gasteiger partial charge in [-0.1, -0.05) is 62.4 Å². The van der Waals surface area contributed by atoms with Gasteiger partial charge in [-0.15, -0.1) is 0 Å². The molecule has 35 heavy (non-hydrogen) atoms. The molecule has 0 bridgehead atoms. The van der Waals surface area contributed by atoms with Gasteiger partial charge in [0.05, 0.1) is 6.61 Å². The highest BCUT2D eigenvalue weighted by Gasteiger charge is 2.34. The lowest BCUT2D eigenvalue weighted by Gasteiger charge is -2.21. The van der Waals surface area contributed by atoms with Crippen molar-refractivity contribution in [3.63, 3.8) is 0 Å². The van der Waals surface area contributed by atoms with Crippen molar-refractivity contribution in [1.29, 1.82) is 0 Å². The van der Waals surface area contributed by atoms with Crippen molar-refractivity contribution < 1.29 is 33.8 Å². The predicted octanol–water partition coefficient (Wildman–Crippen LogP) is 3.07. The number of benzene rings is 2. The summed E-state index contributed by atoms with van der Waals surface area (Å²) in [7, 11) is 0. The zero-order valence-electron chi connectivity index (χ0n) is 19.9. The minimum absolute atomic E-state index is 0.0118. The molecule has 1 unspecified atom stereocenters. The second-order valence-electron chi connectivity index (χ2n) is 8.68. The molecular weight excluding hydrogens is 452 g/mol. The summed E-state index contributed by atoms with van der Waals surface area (Å²) in [5.74, 6) is -3.45. The maximum absolute atomic E-state index is 12.7. The van der Waals surface area contributed by atoms with E-state index in [1.807, 2.05) is 48.5 Å². The van der Waals surface area contributed by atoms with Crippen LogP contribution >= 0.6 is 0 Å². The van der Waals surface area contributed by atoms with E-state index in [4.69, 9.17) is 9.47 Å². The Kier molecular flexibility index (Phi) is 8.46. The number of rotatable bonds is 10. The lowest BCUT2D eigenvalue weighted by atomic mass is 9.98. The van der Waals surface area contributed by atoms with Gasteiger partial charge >= 0.3 is 18.0 Å². The minimum atomic E-state index is -1.75. The van der Waals surface area contributed by atoms with Gasteiger partial charge in [0.25, 0.3) is 5.91 Å². The van der Waals surface area contributed by atoms with Crippen LogP contribution in [-0.4, -0.2) is 54.3 Å². The van der Waals surface area contributed by atoms with E-state index in [0.29, 0.717) is 0 Å². The average molecular weight is 483 g/mol. The maximum Gasteiger partial charge on any atom is 0.408 e. The number of hydrogen-bond acceptors (Lipinski definition) is 6. The molecule has 0 aliphatic heterocycles. The Morgan fingerprint density at radius 2 is 1.49 bits per heavy atom. The van der Waals surface area contributed by atoms with Crippen molar-refractivity contribution in [2.75, 3.05) is 13.2 Å². The molecular formula is C26H30N2O7. The number of esters is 1. The van der Waals surface area contributed by atoms with Gasteiger partial charge in [0.15, 0.2) is 0 Å². The Morgan fingerprint density at radius 3 is 2.00 bits per heavy atom. The lowest BCUT2D eigenvalue weighted by Crippen LogP contribution is -2.55. The van der Waals surface area contributed by atoms with Crippen LogP contribution < -0.4 is 10.6 Å². The molecule has 3 N–H and O–H groups in total. The van der Waals surface area contributed by atoms with Crippen molar-refractivity contribution in [3.8, 4) is 11.1 Å². The molecule has 0 saturated carbocycles. The first-order valence-corrected chi connectivity index (χ1v) is 11.5. The molecule has 9 nitrogen and oxygen atoms in total. The molecule has 0 radical (unpaired) electrons. The van der Waals surface area contributed by atoms with Crippen molar-refractivity contribution >= 4 is 23.9 Å². The Hall–Kier alpha value is -3.88. The fourth-order valence-electron chi connectivity index (χ4n) is 4.16. The summed E-state index contributed by atoms with van der Waals surface area (Å²) in [5.41, 5.74) is 4.15. The molecule has 2 atom stereocenters. The summed E-state index contributed by atoms with van der Waals surface area (Å²) in [6, 6.07) is 12.7. The second kappa shape index (κ2) is 11.5. The fourth-order valence-corrected chi connectivity index (χ4v) is 4.16. The summed E-state index contributed by atoms with van der Waals surface area (Å²) >= 11 is 0. The average Bonchev–Trinajstić information content (AvgIpc) is 3.14. The van der Waals surface area contributed by atoms with Crippen LogP contribution in [0.4, 0.5) is 4.79 Å². The number of nitrogens with one attached hydrogen (secondary N) is 2. The van der Waals surface area contributed by atoms with Crippen LogP contribution in [0.1, 0.15) is 44.2 Å². The summed E-state index contributed by atoms with van der Waals surface area (Å²) in [6.45, 7) is 5.13. The van der Waals surface area contributed by atoms with Crippen LogP contribution in [0.3, 0.4) is 0 Å². The quantitative estimate of drug-likeness (QED) is 0.350. The summed E-state index contributed by atoms with van der Waals surface area (Å²) in [6.07, 6.45) is -0.836. The number of aliphatic carboxylic acids is 1. The molecule has 3 rings (SSSR count). The topological polar surface area (TPSA) is 131 Å². The number of carboxylic acid groups (broad SMARTS) is 1. The maximum atomic E-state index is 12.7. The number of amides is 2. The number of ether oxygens (including phenoxy) is 2. The first-order chi connectivity index (χ1) is 16.7. The zero-order chi connectivity index (χ0) is 25.5. The summed E-state index contributed by atoms with van der Waals surface area (Å²) in [4.78, 5) is 49.2. The van der Waals surface area contributed by atoms with Crippen LogP contribution in [0.2, 0.25) is 0 Å². The number of carboxylic acids is 1. The number of alkyl carbamates (subject to hydrolysis) is 1. The van der Waals surface area contributed by atoms with Gasteiger partial charge in [-0.05, 0) is 41.5 Å². The predicted molar refractivity (Wildman–Crippen MR) is 128 cm³/mol. The number of carbonyl (C=O) groups excluding carboxylic acids is 3. The van der Waals surface area contributed by atoms with E-state index in [-0.39, 0.29) is 31.5 Å². The Labute approximate surface area is 203 Å². The van der Waals surface area contributed by atoms with Gasteiger partial charge < -0.3 is 19.9 Å². The molecule has 0 aromatic heterocycles. The van der Waals surface area contributed by atoms with E-state index < -0.39 is 36.0 Å². The summed E-state index contributed by atoms with van der Waals surface area (Å²) in [5, 5.41) is 13.9. The van der Waals surface area contributed by atoms with Crippen LogP contribution in [0, 0.1) is 5.92 Å². The van der Waals surface area contributed by atoms with E-state index in [1.54, 1.807) is 20.8 Å². The van der Waals surface area contributed by atoms with Gasteiger partial charge in [0.2, 0.25) is 6.04 Å². The third kappa shape index (κ3) is 6.17. The molecule has 0 fully saturated rings.